The number of furan rings is 1. The molecule has 0 spiro atoms. The summed E-state index contributed by atoms with van der Waals surface area (Å²) in [7, 11) is 2.06. The number of nitrogens with zero attached hydrogens (tertiary/aromatic N) is 1. The number of hydrazine groups is 1. The van der Waals surface area contributed by atoms with Crippen molar-refractivity contribution in [1.82, 2.24) is 10.3 Å². The second kappa shape index (κ2) is 6.70. The molecule has 0 bridgehead atoms. The van der Waals surface area contributed by atoms with E-state index in [0.29, 0.717) is 12.5 Å². The first kappa shape index (κ1) is 14.0. The summed E-state index contributed by atoms with van der Waals surface area (Å²) in [6.07, 6.45) is 2.23. The van der Waals surface area contributed by atoms with Gasteiger partial charge in [-0.1, -0.05) is 0 Å². The van der Waals surface area contributed by atoms with Gasteiger partial charge in [0.05, 0.1) is 6.54 Å². The van der Waals surface area contributed by atoms with Gasteiger partial charge in [-0.3, -0.25) is 15.1 Å². The maximum atomic E-state index is 11.3. The Labute approximate surface area is 112 Å². The van der Waals surface area contributed by atoms with Gasteiger partial charge in [0.2, 0.25) is 0 Å². The second-order valence-electron chi connectivity index (χ2n) is 4.99. The molecule has 0 aromatic carbocycles. The van der Waals surface area contributed by atoms with Crippen molar-refractivity contribution in [3.63, 3.8) is 0 Å². The van der Waals surface area contributed by atoms with Crippen molar-refractivity contribution in [2.24, 2.45) is 11.8 Å². The van der Waals surface area contributed by atoms with Gasteiger partial charge in [0.25, 0.3) is 0 Å². The summed E-state index contributed by atoms with van der Waals surface area (Å²) >= 11 is 0. The van der Waals surface area contributed by atoms with Crippen LogP contribution in [0.4, 0.5) is 0 Å². The second-order valence-corrected chi connectivity index (χ2v) is 4.99. The largest absolute Gasteiger partial charge is 0.455 e. The predicted molar refractivity (Wildman–Crippen MR) is 70.2 cm³/mol. The summed E-state index contributed by atoms with van der Waals surface area (Å²) < 4.78 is 10.8. The normalized spacial score (nSPS) is 16.8. The lowest BCUT2D eigenvalue weighted by Crippen LogP contribution is -2.30. The van der Waals surface area contributed by atoms with Gasteiger partial charge in [0.1, 0.15) is 5.76 Å². The molecule has 6 nitrogen and oxygen atoms in total. The highest BCUT2D eigenvalue weighted by atomic mass is 16.5. The number of ether oxygens (including phenoxy) is 1. The molecular weight excluding hydrogens is 246 g/mol. The zero-order valence-electron chi connectivity index (χ0n) is 11.2. The van der Waals surface area contributed by atoms with E-state index in [2.05, 4.69) is 17.4 Å². The maximum absolute atomic E-state index is 11.3. The lowest BCUT2D eigenvalue weighted by atomic mass is 10.00. The van der Waals surface area contributed by atoms with Crippen LogP contribution in [-0.2, 0) is 11.3 Å². The van der Waals surface area contributed by atoms with Crippen LogP contribution in [0, 0.1) is 5.92 Å². The quantitative estimate of drug-likeness (QED) is 0.467. The third kappa shape index (κ3) is 4.05. The summed E-state index contributed by atoms with van der Waals surface area (Å²) in [5, 5.41) is 0. The summed E-state index contributed by atoms with van der Waals surface area (Å²) in [4.78, 5) is 13.5. The van der Waals surface area contributed by atoms with E-state index in [1.54, 1.807) is 6.07 Å². The van der Waals surface area contributed by atoms with Gasteiger partial charge in [-0.15, -0.1) is 0 Å². The molecule has 6 heteroatoms. The number of nitrogens with two attached hydrogens (primary N) is 1. The molecule has 1 fully saturated rings. The Hall–Kier alpha value is -1.37. The van der Waals surface area contributed by atoms with Crippen molar-refractivity contribution < 1.29 is 13.9 Å². The van der Waals surface area contributed by atoms with Crippen molar-refractivity contribution in [2.75, 3.05) is 26.8 Å². The molecule has 0 atom stereocenters. The topological polar surface area (TPSA) is 80.7 Å². The van der Waals surface area contributed by atoms with Gasteiger partial charge >= 0.3 is 5.91 Å². The first-order chi connectivity index (χ1) is 9.19. The highest BCUT2D eigenvalue weighted by Crippen LogP contribution is 2.17. The molecule has 0 aliphatic carbocycles. The standard InChI is InChI=1S/C13H21N3O3/c1-16(8-10-4-6-18-7-5-10)9-11-2-3-12(19-11)13(17)15-14/h2-3,10H,4-9,14H2,1H3,(H,15,17). The molecule has 19 heavy (non-hydrogen) atoms. The van der Waals surface area contributed by atoms with Crippen LogP contribution in [0.15, 0.2) is 16.5 Å². The number of hydrogen-bond acceptors (Lipinski definition) is 5. The molecule has 1 amide bonds. The molecule has 1 aromatic rings. The number of carbonyl (C=O) groups is 1. The number of nitrogen functional groups attached to an aromatic ring is 1. The van der Waals surface area contributed by atoms with E-state index in [4.69, 9.17) is 15.0 Å². The molecule has 0 unspecified atom stereocenters. The zero-order valence-corrected chi connectivity index (χ0v) is 11.2. The highest BCUT2D eigenvalue weighted by molar-refractivity contribution is 5.90. The molecular formula is C13H21N3O3. The molecule has 1 aliphatic heterocycles. The van der Waals surface area contributed by atoms with Crippen LogP contribution in [0.5, 0.6) is 0 Å². The average Bonchev–Trinajstić information content (AvgIpc) is 2.87. The van der Waals surface area contributed by atoms with Crippen molar-refractivity contribution in [1.29, 1.82) is 0 Å². The van der Waals surface area contributed by atoms with Gasteiger partial charge in [-0.25, -0.2) is 5.84 Å². The van der Waals surface area contributed by atoms with Crippen LogP contribution in [0.25, 0.3) is 0 Å². The van der Waals surface area contributed by atoms with Gasteiger partial charge in [0, 0.05) is 19.8 Å². The number of carbonyl (C=O) groups excluding carboxylic acids is 1. The van der Waals surface area contributed by atoms with Gasteiger partial charge in [0.15, 0.2) is 5.76 Å². The van der Waals surface area contributed by atoms with Crippen LogP contribution < -0.4 is 11.3 Å². The Morgan fingerprint density at radius 3 is 2.89 bits per heavy atom. The fourth-order valence-electron chi connectivity index (χ4n) is 2.36. The van der Waals surface area contributed by atoms with Crippen molar-refractivity contribution >= 4 is 5.91 Å². The monoisotopic (exact) mass is 267 g/mol. The van der Waals surface area contributed by atoms with E-state index in [9.17, 15) is 4.79 Å². The summed E-state index contributed by atoms with van der Waals surface area (Å²) in [6.45, 7) is 3.43. The minimum absolute atomic E-state index is 0.247. The van der Waals surface area contributed by atoms with Crippen LogP contribution in [-0.4, -0.2) is 37.6 Å². The first-order valence-electron chi connectivity index (χ1n) is 6.55. The summed E-state index contributed by atoms with van der Waals surface area (Å²) in [5.41, 5.74) is 2.05. The van der Waals surface area contributed by atoms with E-state index in [1.165, 1.54) is 0 Å². The molecule has 2 rings (SSSR count). The Bertz CT molecular complexity index is 413. The first-order valence-corrected chi connectivity index (χ1v) is 6.55. The third-order valence-corrected chi connectivity index (χ3v) is 3.35. The van der Waals surface area contributed by atoms with Crippen molar-refractivity contribution in [2.45, 2.75) is 19.4 Å². The molecule has 1 aromatic heterocycles. The van der Waals surface area contributed by atoms with Crippen molar-refractivity contribution in [3.8, 4) is 0 Å². The van der Waals surface area contributed by atoms with E-state index in [0.717, 1.165) is 38.4 Å². The predicted octanol–water partition coefficient (Wildman–Crippen LogP) is 0.741. The fraction of sp³-hybridized carbons (Fsp3) is 0.615. The van der Waals surface area contributed by atoms with E-state index in [-0.39, 0.29) is 5.76 Å². The highest BCUT2D eigenvalue weighted by Gasteiger charge is 2.17. The van der Waals surface area contributed by atoms with E-state index < -0.39 is 5.91 Å². The van der Waals surface area contributed by atoms with Gasteiger partial charge < -0.3 is 9.15 Å². The molecule has 0 saturated carbocycles. The number of amides is 1. The molecule has 0 radical (unpaired) electrons. The van der Waals surface area contributed by atoms with E-state index >= 15 is 0 Å². The lowest BCUT2D eigenvalue weighted by Gasteiger charge is -2.26. The Kier molecular flexibility index (Phi) is 4.95. The van der Waals surface area contributed by atoms with Gasteiger partial charge in [-0.2, -0.15) is 0 Å². The minimum atomic E-state index is -0.404. The molecule has 106 valence electrons. The Morgan fingerprint density at radius 1 is 1.47 bits per heavy atom. The summed E-state index contributed by atoms with van der Waals surface area (Å²) in [6, 6.07) is 3.45. The number of nitrogens with one attached hydrogen (secondary N) is 1. The van der Waals surface area contributed by atoms with Crippen LogP contribution in [0.1, 0.15) is 29.2 Å². The van der Waals surface area contributed by atoms with Crippen LogP contribution in [0.2, 0.25) is 0 Å². The Balaban J connectivity index is 1.82. The SMILES string of the molecule is CN(Cc1ccc(C(=O)NN)o1)CC1CCOCC1. The zero-order chi connectivity index (χ0) is 13.7. The Morgan fingerprint density at radius 2 is 2.21 bits per heavy atom. The average molecular weight is 267 g/mol. The van der Waals surface area contributed by atoms with E-state index in [1.807, 2.05) is 6.07 Å². The molecule has 2 heterocycles. The third-order valence-electron chi connectivity index (χ3n) is 3.35. The van der Waals surface area contributed by atoms with Crippen LogP contribution in [0.3, 0.4) is 0 Å². The molecule has 1 aliphatic rings. The van der Waals surface area contributed by atoms with Crippen molar-refractivity contribution in [3.05, 3.63) is 23.7 Å². The summed E-state index contributed by atoms with van der Waals surface area (Å²) in [5.74, 6) is 6.35. The number of hydrogen-bond donors (Lipinski definition) is 2. The van der Waals surface area contributed by atoms with Gasteiger partial charge in [-0.05, 0) is 37.9 Å². The minimum Gasteiger partial charge on any atom is -0.455 e. The number of rotatable bonds is 5. The fourth-order valence-corrected chi connectivity index (χ4v) is 2.36. The lowest BCUT2D eigenvalue weighted by molar-refractivity contribution is 0.0542. The maximum Gasteiger partial charge on any atom is 0.300 e. The smallest absolute Gasteiger partial charge is 0.300 e. The molecule has 1 saturated heterocycles. The molecule has 3 N–H and O–H groups in total. The van der Waals surface area contributed by atoms with Crippen LogP contribution >= 0.6 is 0 Å².